The van der Waals surface area contributed by atoms with E-state index in [1.165, 1.54) is 116 Å². The molecule has 5 heteroatoms. The van der Waals surface area contributed by atoms with Crippen molar-refractivity contribution in [3.63, 3.8) is 0 Å². The Morgan fingerprint density at radius 2 is 0.967 bits per heavy atom. The van der Waals surface area contributed by atoms with Crippen molar-refractivity contribution in [3.05, 3.63) is 0 Å². The van der Waals surface area contributed by atoms with Crippen LogP contribution in [0.2, 0.25) is 6.04 Å². The molecule has 0 N–H and O–H groups in total. The molecule has 0 aliphatic heterocycles. The van der Waals surface area contributed by atoms with E-state index in [0.29, 0.717) is 6.10 Å². The van der Waals surface area contributed by atoms with Gasteiger partial charge in [-0.3, -0.25) is 0 Å². The minimum atomic E-state index is -0.372. The molecule has 0 aromatic heterocycles. The summed E-state index contributed by atoms with van der Waals surface area (Å²) < 4.78 is 6.14. The highest BCUT2D eigenvalue weighted by atomic mass is 28.2. The molecule has 182 valence electrons. The summed E-state index contributed by atoms with van der Waals surface area (Å²) in [6, 6.07) is 1.30. The van der Waals surface area contributed by atoms with Gasteiger partial charge in [-0.15, -0.1) is 0 Å². The fourth-order valence-electron chi connectivity index (χ4n) is 4.37. The zero-order chi connectivity index (χ0) is 22.5. The molecule has 1 unspecified atom stereocenters. The Morgan fingerprint density at radius 3 is 1.33 bits per heavy atom. The van der Waals surface area contributed by atoms with E-state index in [9.17, 15) is 0 Å². The second-order valence-corrected chi connectivity index (χ2v) is 10.5. The van der Waals surface area contributed by atoms with E-state index in [1.54, 1.807) is 0 Å². The number of hydrogen-bond acceptors (Lipinski definition) is 4. The van der Waals surface area contributed by atoms with Crippen LogP contribution in [0, 0.1) is 0 Å². The van der Waals surface area contributed by atoms with E-state index in [-0.39, 0.29) is 9.76 Å². The maximum Gasteiger partial charge on any atom is 0.163 e. The molecular weight excluding hydrogens is 386 g/mol. The van der Waals surface area contributed by atoms with Crippen LogP contribution in [-0.4, -0.2) is 89.5 Å². The maximum atomic E-state index is 6.14. The molecule has 0 bridgehead atoms. The molecule has 4 nitrogen and oxygen atoms in total. The van der Waals surface area contributed by atoms with E-state index < -0.39 is 0 Å². The molecule has 0 saturated carbocycles. The summed E-state index contributed by atoms with van der Waals surface area (Å²) in [6.07, 6.45) is 10.6. The summed E-state index contributed by atoms with van der Waals surface area (Å²) in [5, 5.41) is 0. The fraction of sp³-hybridized carbons (Fsp3) is 1.00. The van der Waals surface area contributed by atoms with Gasteiger partial charge < -0.3 is 19.1 Å². The van der Waals surface area contributed by atoms with Gasteiger partial charge in [-0.1, -0.05) is 41.0 Å². The van der Waals surface area contributed by atoms with Gasteiger partial charge in [0.25, 0.3) is 0 Å². The zero-order valence-electron chi connectivity index (χ0n) is 21.8. The first-order valence-corrected chi connectivity index (χ1v) is 15.0. The van der Waals surface area contributed by atoms with E-state index in [0.717, 1.165) is 0 Å². The number of rotatable bonds is 23. The van der Waals surface area contributed by atoms with E-state index in [1.807, 2.05) is 0 Å². The summed E-state index contributed by atoms with van der Waals surface area (Å²) in [4.78, 5) is 8.06. The average Bonchev–Trinajstić information content (AvgIpc) is 2.71. The average molecular weight is 444 g/mol. The van der Waals surface area contributed by atoms with E-state index >= 15 is 0 Å². The standard InChI is InChI=1S/C25H57N3OSi/c1-7-14-25(6)29-30-24-23-28(21-12-19-26(15-8-2)16-9-3)22-13-20-27(17-10-4)18-11-5/h25H,7-24,30H2,1-6H3. The Hall–Kier alpha value is 0.0569. The largest absolute Gasteiger partial charge is 0.421 e. The summed E-state index contributed by atoms with van der Waals surface area (Å²) in [6.45, 7) is 25.0. The molecule has 0 amide bonds. The Balaban J connectivity index is 4.40. The smallest absolute Gasteiger partial charge is 0.163 e. The van der Waals surface area contributed by atoms with Crippen LogP contribution < -0.4 is 0 Å². The highest BCUT2D eigenvalue weighted by Crippen LogP contribution is 2.05. The van der Waals surface area contributed by atoms with Crippen LogP contribution in [0.5, 0.6) is 0 Å². The Bertz CT molecular complexity index is 312. The van der Waals surface area contributed by atoms with E-state index in [4.69, 9.17) is 4.43 Å². The van der Waals surface area contributed by atoms with Gasteiger partial charge in [-0.25, -0.2) is 0 Å². The second-order valence-electron chi connectivity index (χ2n) is 9.06. The van der Waals surface area contributed by atoms with Crippen molar-refractivity contribution in [1.82, 2.24) is 14.7 Å². The third-order valence-electron chi connectivity index (χ3n) is 5.77. The molecule has 0 rings (SSSR count). The first kappa shape index (κ1) is 30.1. The molecule has 0 fully saturated rings. The van der Waals surface area contributed by atoms with Crippen LogP contribution in [0.4, 0.5) is 0 Å². The van der Waals surface area contributed by atoms with Crippen molar-refractivity contribution in [2.75, 3.05) is 58.9 Å². The molecular formula is C25H57N3OSi. The van der Waals surface area contributed by atoms with Gasteiger partial charge in [0.1, 0.15) is 0 Å². The molecule has 30 heavy (non-hydrogen) atoms. The maximum absolute atomic E-state index is 6.14. The zero-order valence-corrected chi connectivity index (χ0v) is 23.2. The monoisotopic (exact) mass is 443 g/mol. The Kier molecular flexibility index (Phi) is 22.3. The van der Waals surface area contributed by atoms with Gasteiger partial charge in [0.05, 0.1) is 0 Å². The number of hydrogen-bond donors (Lipinski definition) is 0. The third-order valence-corrected chi connectivity index (χ3v) is 7.18. The normalized spacial score (nSPS) is 13.5. The predicted molar refractivity (Wildman–Crippen MR) is 139 cm³/mol. The molecule has 0 aromatic rings. The van der Waals surface area contributed by atoms with Gasteiger partial charge in [0, 0.05) is 6.10 Å². The van der Waals surface area contributed by atoms with Crippen molar-refractivity contribution in [2.24, 2.45) is 0 Å². The minimum Gasteiger partial charge on any atom is -0.421 e. The third kappa shape index (κ3) is 17.7. The fourth-order valence-corrected chi connectivity index (χ4v) is 5.68. The van der Waals surface area contributed by atoms with Gasteiger partial charge in [0.2, 0.25) is 0 Å². The summed E-state index contributed by atoms with van der Waals surface area (Å²) in [5.74, 6) is 0. The molecule has 0 aliphatic carbocycles. The van der Waals surface area contributed by atoms with Crippen LogP contribution in [0.1, 0.15) is 92.9 Å². The van der Waals surface area contributed by atoms with Crippen LogP contribution in [0.3, 0.4) is 0 Å². The van der Waals surface area contributed by atoms with Crippen molar-refractivity contribution in [1.29, 1.82) is 0 Å². The Morgan fingerprint density at radius 1 is 0.567 bits per heavy atom. The molecule has 0 radical (unpaired) electrons. The molecule has 0 saturated heterocycles. The topological polar surface area (TPSA) is 19.0 Å². The molecule has 1 atom stereocenters. The molecule has 0 heterocycles. The van der Waals surface area contributed by atoms with E-state index in [2.05, 4.69) is 56.2 Å². The molecule has 0 aromatic carbocycles. The first-order chi connectivity index (χ1) is 14.6. The van der Waals surface area contributed by atoms with Crippen molar-refractivity contribution >= 4 is 9.76 Å². The number of nitrogens with zero attached hydrogens (tertiary/aromatic N) is 3. The van der Waals surface area contributed by atoms with Crippen molar-refractivity contribution in [3.8, 4) is 0 Å². The van der Waals surface area contributed by atoms with Gasteiger partial charge in [0.15, 0.2) is 9.76 Å². The Labute approximate surface area is 193 Å². The highest BCUT2D eigenvalue weighted by Gasteiger charge is 2.10. The lowest BCUT2D eigenvalue weighted by Crippen LogP contribution is -2.34. The highest BCUT2D eigenvalue weighted by molar-refractivity contribution is 6.27. The van der Waals surface area contributed by atoms with Crippen LogP contribution >= 0.6 is 0 Å². The quantitative estimate of drug-likeness (QED) is 0.163. The van der Waals surface area contributed by atoms with Crippen molar-refractivity contribution < 1.29 is 4.43 Å². The lowest BCUT2D eigenvalue weighted by Gasteiger charge is -2.27. The summed E-state index contributed by atoms with van der Waals surface area (Å²) in [7, 11) is -0.372. The van der Waals surface area contributed by atoms with Crippen LogP contribution in [0.25, 0.3) is 0 Å². The SMILES string of the molecule is CCCC(C)O[SiH2]CCN(CCCN(CCC)CCC)CCCN(CCC)CCC. The van der Waals surface area contributed by atoms with Crippen LogP contribution in [-0.2, 0) is 4.43 Å². The second kappa shape index (κ2) is 22.3. The van der Waals surface area contributed by atoms with Crippen molar-refractivity contribution in [2.45, 2.75) is 105 Å². The van der Waals surface area contributed by atoms with Crippen LogP contribution in [0.15, 0.2) is 0 Å². The van der Waals surface area contributed by atoms with Gasteiger partial charge >= 0.3 is 0 Å². The molecule has 0 aliphatic rings. The van der Waals surface area contributed by atoms with Gasteiger partial charge in [-0.2, -0.15) is 0 Å². The lowest BCUT2D eigenvalue weighted by atomic mass is 10.2. The summed E-state index contributed by atoms with van der Waals surface area (Å²) >= 11 is 0. The summed E-state index contributed by atoms with van der Waals surface area (Å²) in [5.41, 5.74) is 0. The molecule has 0 spiro atoms. The predicted octanol–water partition coefficient (Wildman–Crippen LogP) is 5.02. The van der Waals surface area contributed by atoms with Gasteiger partial charge in [-0.05, 0) is 117 Å². The lowest BCUT2D eigenvalue weighted by molar-refractivity contribution is 0.203. The first-order valence-electron chi connectivity index (χ1n) is 13.4. The minimum absolute atomic E-state index is 0.372.